The normalized spacial score (nSPS) is 10.7. The topological polar surface area (TPSA) is 9.23 Å². The molecule has 1 heteroatoms. The van der Waals surface area contributed by atoms with Crippen LogP contribution >= 0.6 is 0 Å². The Morgan fingerprint density at radius 2 is 0.862 bits per heavy atom. The van der Waals surface area contributed by atoms with Crippen LogP contribution in [0.5, 0.6) is 11.5 Å². The third kappa shape index (κ3) is 4.94. The van der Waals surface area contributed by atoms with Crippen LogP contribution in [0.1, 0.15) is 33.4 Å². The van der Waals surface area contributed by atoms with E-state index in [0.717, 1.165) is 24.3 Å². The Morgan fingerprint density at radius 1 is 0.483 bits per heavy atom. The molecule has 0 aliphatic rings. The van der Waals surface area contributed by atoms with Gasteiger partial charge in [0.2, 0.25) is 0 Å². The minimum Gasteiger partial charge on any atom is -0.457 e. The Morgan fingerprint density at radius 3 is 1.28 bits per heavy atom. The van der Waals surface area contributed by atoms with E-state index in [1.807, 2.05) is 12.1 Å². The van der Waals surface area contributed by atoms with Gasteiger partial charge in [-0.05, 0) is 48.2 Å². The van der Waals surface area contributed by atoms with E-state index in [0.29, 0.717) is 0 Å². The lowest BCUT2D eigenvalue weighted by Crippen LogP contribution is -1.97. The number of hydrogen-bond acceptors (Lipinski definition) is 1. The van der Waals surface area contributed by atoms with E-state index in [-0.39, 0.29) is 0 Å². The van der Waals surface area contributed by atoms with Gasteiger partial charge in [-0.25, -0.2) is 0 Å². The van der Waals surface area contributed by atoms with Gasteiger partial charge in [-0.15, -0.1) is 0 Å². The highest BCUT2D eigenvalue weighted by molar-refractivity contribution is 5.45. The van der Waals surface area contributed by atoms with Crippen LogP contribution in [0.15, 0.2) is 97.1 Å². The highest BCUT2D eigenvalue weighted by atomic mass is 16.5. The molecule has 144 valence electrons. The first kappa shape index (κ1) is 19.0. The summed E-state index contributed by atoms with van der Waals surface area (Å²) in [5.41, 5.74) is 7.54. The fraction of sp³-hybridized carbons (Fsp3) is 0.143. The lowest BCUT2D eigenvalue weighted by molar-refractivity contribution is 0.472. The minimum absolute atomic E-state index is 0.858. The first-order valence-electron chi connectivity index (χ1n) is 10.1. The summed E-state index contributed by atoms with van der Waals surface area (Å²) in [4.78, 5) is 0. The lowest BCUT2D eigenvalue weighted by Gasteiger charge is -2.15. The van der Waals surface area contributed by atoms with Gasteiger partial charge >= 0.3 is 0 Å². The molecule has 0 aliphatic heterocycles. The molecule has 4 aromatic rings. The van der Waals surface area contributed by atoms with Crippen LogP contribution in [0.3, 0.4) is 0 Å². The third-order valence-corrected chi connectivity index (χ3v) is 5.20. The summed E-state index contributed by atoms with van der Waals surface area (Å²) in [5, 5.41) is 0. The zero-order valence-corrected chi connectivity index (χ0v) is 17.1. The molecule has 0 amide bonds. The summed E-state index contributed by atoms with van der Waals surface area (Å²) in [6.07, 6.45) is 1.72. The second kappa shape index (κ2) is 8.79. The van der Waals surface area contributed by atoms with Crippen LogP contribution < -0.4 is 4.74 Å². The van der Waals surface area contributed by atoms with Crippen molar-refractivity contribution >= 4 is 0 Å². The van der Waals surface area contributed by atoms with E-state index in [4.69, 9.17) is 4.74 Å². The van der Waals surface area contributed by atoms with Crippen LogP contribution in [-0.4, -0.2) is 0 Å². The molecule has 0 aliphatic carbocycles. The van der Waals surface area contributed by atoms with Gasteiger partial charge in [-0.3, -0.25) is 0 Å². The Kier molecular flexibility index (Phi) is 5.76. The predicted molar refractivity (Wildman–Crippen MR) is 121 cm³/mol. The number of benzene rings is 4. The van der Waals surface area contributed by atoms with Gasteiger partial charge in [0.05, 0.1) is 0 Å². The molecule has 0 bridgehead atoms. The van der Waals surface area contributed by atoms with Crippen molar-refractivity contribution in [2.24, 2.45) is 0 Å². The molecule has 0 fully saturated rings. The van der Waals surface area contributed by atoms with Crippen molar-refractivity contribution in [3.63, 3.8) is 0 Å². The van der Waals surface area contributed by atoms with Crippen LogP contribution in [-0.2, 0) is 12.8 Å². The molecule has 0 radical (unpaired) electrons. The summed E-state index contributed by atoms with van der Waals surface area (Å²) < 4.78 is 6.43. The zero-order valence-electron chi connectivity index (χ0n) is 17.1. The Hall–Kier alpha value is -3.32. The van der Waals surface area contributed by atoms with E-state index >= 15 is 0 Å². The quantitative estimate of drug-likeness (QED) is 0.342. The molecule has 0 spiro atoms. The summed E-state index contributed by atoms with van der Waals surface area (Å²) in [7, 11) is 0. The van der Waals surface area contributed by atoms with E-state index in [1.165, 1.54) is 33.4 Å². The fourth-order valence-electron chi connectivity index (χ4n) is 3.47. The highest BCUT2D eigenvalue weighted by Gasteiger charge is 2.09. The monoisotopic (exact) mass is 378 g/mol. The highest BCUT2D eigenvalue weighted by Crippen LogP contribution is 2.30. The predicted octanol–water partition coefficient (Wildman–Crippen LogP) is 7.28. The molecule has 0 aromatic heterocycles. The van der Waals surface area contributed by atoms with Crippen molar-refractivity contribution in [1.82, 2.24) is 0 Å². The van der Waals surface area contributed by atoms with Gasteiger partial charge in [-0.2, -0.15) is 0 Å². The van der Waals surface area contributed by atoms with Gasteiger partial charge in [0.1, 0.15) is 11.5 Å². The average molecular weight is 379 g/mol. The zero-order chi connectivity index (χ0) is 20.1. The molecule has 0 heterocycles. The van der Waals surface area contributed by atoms with Gasteiger partial charge in [0.25, 0.3) is 0 Å². The second-order valence-corrected chi connectivity index (χ2v) is 7.64. The molecule has 1 nitrogen and oxygen atoms in total. The summed E-state index contributed by atoms with van der Waals surface area (Å²) >= 11 is 0. The first-order chi connectivity index (χ1) is 14.2. The number of aryl methyl sites for hydroxylation is 2. The maximum absolute atomic E-state index is 6.43. The van der Waals surface area contributed by atoms with Gasteiger partial charge in [-0.1, -0.05) is 96.1 Å². The van der Waals surface area contributed by atoms with E-state index in [9.17, 15) is 0 Å². The maximum Gasteiger partial charge on any atom is 0.130 e. The first-order valence-corrected chi connectivity index (χ1v) is 10.1. The largest absolute Gasteiger partial charge is 0.457 e. The standard InChI is InChI=1S/C28H26O/c1-21-11-15-23(16-12-21)19-25-7-3-5-9-27(25)29-28-10-6-4-8-26(28)20-24-17-13-22(2)14-18-24/h3-18H,19-20H2,1-2H3. The third-order valence-electron chi connectivity index (χ3n) is 5.20. The number of rotatable bonds is 6. The number of ether oxygens (including phenoxy) is 1. The summed E-state index contributed by atoms with van der Waals surface area (Å²) in [6, 6.07) is 34.1. The fourth-order valence-corrected chi connectivity index (χ4v) is 3.47. The Balaban J connectivity index is 1.58. The molecular weight excluding hydrogens is 352 g/mol. The van der Waals surface area contributed by atoms with Gasteiger partial charge in [0.15, 0.2) is 0 Å². The van der Waals surface area contributed by atoms with Crippen molar-refractivity contribution in [2.75, 3.05) is 0 Å². The smallest absolute Gasteiger partial charge is 0.130 e. The average Bonchev–Trinajstić information content (AvgIpc) is 2.74. The molecule has 0 saturated heterocycles. The van der Waals surface area contributed by atoms with Crippen molar-refractivity contribution in [2.45, 2.75) is 26.7 Å². The van der Waals surface area contributed by atoms with Crippen LogP contribution in [0.4, 0.5) is 0 Å². The van der Waals surface area contributed by atoms with Crippen LogP contribution in [0.25, 0.3) is 0 Å². The molecule has 29 heavy (non-hydrogen) atoms. The van der Waals surface area contributed by atoms with Gasteiger partial charge in [0, 0.05) is 12.8 Å². The summed E-state index contributed by atoms with van der Waals surface area (Å²) in [6.45, 7) is 4.23. The van der Waals surface area contributed by atoms with Crippen molar-refractivity contribution in [1.29, 1.82) is 0 Å². The van der Waals surface area contributed by atoms with Crippen molar-refractivity contribution in [3.05, 3.63) is 130 Å². The van der Waals surface area contributed by atoms with E-state index in [2.05, 4.69) is 98.8 Å². The van der Waals surface area contributed by atoms with E-state index in [1.54, 1.807) is 0 Å². The van der Waals surface area contributed by atoms with Crippen LogP contribution in [0.2, 0.25) is 0 Å². The Bertz CT molecular complexity index is 987. The van der Waals surface area contributed by atoms with E-state index < -0.39 is 0 Å². The maximum atomic E-state index is 6.43. The molecular formula is C28H26O. The van der Waals surface area contributed by atoms with Crippen molar-refractivity contribution in [3.8, 4) is 11.5 Å². The molecule has 0 saturated carbocycles. The summed E-state index contributed by atoms with van der Waals surface area (Å²) in [5.74, 6) is 1.84. The number of para-hydroxylation sites is 2. The van der Waals surface area contributed by atoms with Gasteiger partial charge < -0.3 is 4.74 Å². The molecule has 0 atom stereocenters. The SMILES string of the molecule is Cc1ccc(Cc2ccccc2Oc2ccccc2Cc2ccc(C)cc2)cc1. The molecule has 4 aromatic carbocycles. The second-order valence-electron chi connectivity index (χ2n) is 7.64. The molecule has 0 N–H and O–H groups in total. The Labute approximate surface area is 173 Å². The molecule has 0 unspecified atom stereocenters. The minimum atomic E-state index is 0.858. The number of hydrogen-bond donors (Lipinski definition) is 0. The van der Waals surface area contributed by atoms with Crippen molar-refractivity contribution < 1.29 is 4.74 Å². The lowest BCUT2D eigenvalue weighted by atomic mass is 10.0. The van der Waals surface area contributed by atoms with Crippen LogP contribution in [0, 0.1) is 13.8 Å². The molecule has 4 rings (SSSR count).